The van der Waals surface area contributed by atoms with Crippen molar-refractivity contribution in [1.29, 1.82) is 0 Å². The van der Waals surface area contributed by atoms with Gasteiger partial charge in [-0.25, -0.2) is 0 Å². The van der Waals surface area contributed by atoms with Gasteiger partial charge in [-0.3, -0.25) is 0 Å². The molecule has 0 aliphatic heterocycles. The van der Waals surface area contributed by atoms with Gasteiger partial charge >= 0.3 is 0 Å². The number of hydrogen-bond donors (Lipinski definition) is 1. The Morgan fingerprint density at radius 1 is 1.36 bits per heavy atom. The Morgan fingerprint density at radius 3 is 2.86 bits per heavy atom. The van der Waals surface area contributed by atoms with E-state index in [1.54, 1.807) is 0 Å². The number of aryl methyl sites for hydroxylation is 1. The van der Waals surface area contributed by atoms with E-state index >= 15 is 0 Å². The lowest BCUT2D eigenvalue weighted by Gasteiger charge is -2.24. The molecule has 1 saturated carbocycles. The van der Waals surface area contributed by atoms with Crippen molar-refractivity contribution in [3.05, 3.63) is 34.3 Å². The first-order valence-electron chi connectivity index (χ1n) is 5.23. The number of hydrogen-bond acceptors (Lipinski definition) is 1. The van der Waals surface area contributed by atoms with Gasteiger partial charge in [-0.2, -0.15) is 0 Å². The molecule has 0 saturated heterocycles. The summed E-state index contributed by atoms with van der Waals surface area (Å²) in [7, 11) is 0. The zero-order valence-corrected chi connectivity index (χ0v) is 8.85. The second-order valence-corrected chi connectivity index (χ2v) is 5.20. The molecule has 2 unspecified atom stereocenters. The lowest BCUT2D eigenvalue weighted by atomic mass is 9.81. The predicted molar refractivity (Wildman–Crippen MR) is 58.5 cm³/mol. The molecule has 2 heteroatoms. The summed E-state index contributed by atoms with van der Waals surface area (Å²) in [5.74, 6) is 0. The van der Waals surface area contributed by atoms with Crippen LogP contribution in [0.25, 0.3) is 0 Å². The Kier molecular flexibility index (Phi) is 1.71. The molecular formula is C12H14ClN. The molecule has 0 aromatic heterocycles. The third-order valence-electron chi connectivity index (χ3n) is 3.86. The van der Waals surface area contributed by atoms with Gasteiger partial charge in [0.15, 0.2) is 0 Å². The monoisotopic (exact) mass is 207 g/mol. The molecule has 0 heterocycles. The summed E-state index contributed by atoms with van der Waals surface area (Å²) >= 11 is 6.00. The highest BCUT2D eigenvalue weighted by Gasteiger charge is 2.52. The van der Waals surface area contributed by atoms with E-state index in [0.29, 0.717) is 11.5 Å². The fraction of sp³-hybridized carbons (Fsp3) is 0.500. The van der Waals surface area contributed by atoms with Crippen LogP contribution in [-0.4, -0.2) is 6.04 Å². The molecule has 2 aliphatic rings. The molecule has 3 rings (SSSR count). The van der Waals surface area contributed by atoms with Crippen LogP contribution in [0.4, 0.5) is 0 Å². The predicted octanol–water partition coefficient (Wildman–Crippen LogP) is 2.55. The van der Waals surface area contributed by atoms with Crippen molar-refractivity contribution in [1.82, 2.24) is 0 Å². The first-order valence-corrected chi connectivity index (χ1v) is 5.60. The molecule has 1 aromatic carbocycles. The van der Waals surface area contributed by atoms with E-state index in [-0.39, 0.29) is 0 Å². The van der Waals surface area contributed by atoms with Crippen molar-refractivity contribution in [2.75, 3.05) is 0 Å². The maximum absolute atomic E-state index is 6.00. The molecule has 0 amide bonds. The van der Waals surface area contributed by atoms with Crippen molar-refractivity contribution >= 4 is 11.6 Å². The van der Waals surface area contributed by atoms with E-state index in [1.807, 2.05) is 6.07 Å². The Labute approximate surface area is 89.3 Å². The van der Waals surface area contributed by atoms with Gasteiger partial charge in [-0.05, 0) is 54.4 Å². The molecular weight excluding hydrogens is 194 g/mol. The average molecular weight is 208 g/mol. The van der Waals surface area contributed by atoms with Crippen LogP contribution < -0.4 is 5.73 Å². The summed E-state index contributed by atoms with van der Waals surface area (Å²) in [5, 5.41) is 0.857. The smallest absolute Gasteiger partial charge is 0.0408 e. The third-order valence-corrected chi connectivity index (χ3v) is 4.09. The Hall–Kier alpha value is -0.530. The molecule has 2 N–H and O–H groups in total. The summed E-state index contributed by atoms with van der Waals surface area (Å²) in [4.78, 5) is 0. The van der Waals surface area contributed by atoms with E-state index in [4.69, 9.17) is 17.3 Å². The van der Waals surface area contributed by atoms with Crippen molar-refractivity contribution in [2.45, 2.75) is 31.7 Å². The van der Waals surface area contributed by atoms with E-state index in [1.165, 1.54) is 30.4 Å². The van der Waals surface area contributed by atoms with Gasteiger partial charge in [-0.1, -0.05) is 17.7 Å². The second kappa shape index (κ2) is 2.74. The largest absolute Gasteiger partial charge is 0.327 e. The van der Waals surface area contributed by atoms with E-state index in [9.17, 15) is 0 Å². The third kappa shape index (κ3) is 1.19. The lowest BCUT2D eigenvalue weighted by Crippen LogP contribution is -2.22. The minimum Gasteiger partial charge on any atom is -0.327 e. The van der Waals surface area contributed by atoms with Crippen LogP contribution in [0, 0.1) is 5.41 Å². The van der Waals surface area contributed by atoms with Crippen molar-refractivity contribution < 1.29 is 0 Å². The number of halogens is 1. The molecule has 1 fully saturated rings. The number of nitrogens with two attached hydrogens (primary N) is 1. The van der Waals surface area contributed by atoms with Gasteiger partial charge in [0.05, 0.1) is 0 Å². The van der Waals surface area contributed by atoms with Crippen LogP contribution in [0.2, 0.25) is 5.02 Å². The molecule has 1 spiro atoms. The molecule has 0 radical (unpaired) electrons. The highest BCUT2D eigenvalue weighted by Crippen LogP contribution is 2.53. The zero-order valence-electron chi connectivity index (χ0n) is 8.09. The first-order chi connectivity index (χ1) is 6.70. The standard InChI is InChI=1S/C12H14ClN/c13-10-2-1-8-3-4-12(7-11(12)14)6-9(8)5-10/h1-2,5,11H,3-4,6-7,14H2. The van der Waals surface area contributed by atoms with Gasteiger partial charge in [0.2, 0.25) is 0 Å². The Bertz CT molecular complexity index is 388. The van der Waals surface area contributed by atoms with Gasteiger partial charge in [0.1, 0.15) is 0 Å². The maximum atomic E-state index is 6.00. The van der Waals surface area contributed by atoms with Gasteiger partial charge in [0.25, 0.3) is 0 Å². The summed E-state index contributed by atoms with van der Waals surface area (Å²) in [5.41, 5.74) is 9.34. The SMILES string of the molecule is NC1CC12CCc1ccc(Cl)cc1C2. The van der Waals surface area contributed by atoms with E-state index in [2.05, 4.69) is 12.1 Å². The van der Waals surface area contributed by atoms with Gasteiger partial charge in [-0.15, -0.1) is 0 Å². The minimum atomic E-state index is 0.439. The van der Waals surface area contributed by atoms with Crippen LogP contribution in [0.15, 0.2) is 18.2 Å². The van der Waals surface area contributed by atoms with Crippen molar-refractivity contribution in [2.24, 2.45) is 11.1 Å². The second-order valence-electron chi connectivity index (χ2n) is 4.76. The Balaban J connectivity index is 1.97. The van der Waals surface area contributed by atoms with Crippen LogP contribution in [0.3, 0.4) is 0 Å². The quantitative estimate of drug-likeness (QED) is 0.695. The molecule has 0 bridgehead atoms. The lowest BCUT2D eigenvalue weighted by molar-refractivity contribution is 0.421. The summed E-state index contributed by atoms with van der Waals surface area (Å²) in [6.45, 7) is 0. The number of rotatable bonds is 0. The molecule has 2 aliphatic carbocycles. The minimum absolute atomic E-state index is 0.439. The summed E-state index contributed by atoms with van der Waals surface area (Å²) in [6, 6.07) is 6.71. The van der Waals surface area contributed by atoms with Crippen LogP contribution in [0.5, 0.6) is 0 Å². The highest BCUT2D eigenvalue weighted by molar-refractivity contribution is 6.30. The fourth-order valence-corrected chi connectivity index (χ4v) is 2.92. The maximum Gasteiger partial charge on any atom is 0.0408 e. The summed E-state index contributed by atoms with van der Waals surface area (Å²) in [6.07, 6.45) is 4.80. The Morgan fingerprint density at radius 2 is 2.14 bits per heavy atom. The van der Waals surface area contributed by atoms with E-state index < -0.39 is 0 Å². The van der Waals surface area contributed by atoms with Crippen molar-refractivity contribution in [3.63, 3.8) is 0 Å². The van der Waals surface area contributed by atoms with Crippen LogP contribution in [0.1, 0.15) is 24.0 Å². The molecule has 74 valence electrons. The fourth-order valence-electron chi connectivity index (χ4n) is 2.72. The molecule has 2 atom stereocenters. The zero-order chi connectivity index (χ0) is 9.76. The van der Waals surface area contributed by atoms with E-state index in [0.717, 1.165) is 11.4 Å². The molecule has 1 nitrogen and oxygen atoms in total. The number of benzene rings is 1. The normalized spacial score (nSPS) is 34.3. The molecule has 1 aromatic rings. The van der Waals surface area contributed by atoms with Crippen LogP contribution in [-0.2, 0) is 12.8 Å². The first kappa shape index (κ1) is 8.75. The van der Waals surface area contributed by atoms with Gasteiger partial charge < -0.3 is 5.73 Å². The molecule has 14 heavy (non-hydrogen) atoms. The number of fused-ring (bicyclic) bond motifs is 1. The average Bonchev–Trinajstić information content (AvgIpc) is 2.75. The topological polar surface area (TPSA) is 26.0 Å². The van der Waals surface area contributed by atoms with Gasteiger partial charge in [0, 0.05) is 11.1 Å². The highest BCUT2D eigenvalue weighted by atomic mass is 35.5. The van der Waals surface area contributed by atoms with Crippen LogP contribution >= 0.6 is 11.6 Å². The summed E-state index contributed by atoms with van der Waals surface area (Å²) < 4.78 is 0. The van der Waals surface area contributed by atoms with Crippen molar-refractivity contribution in [3.8, 4) is 0 Å².